The molecule has 110 valence electrons. The summed E-state index contributed by atoms with van der Waals surface area (Å²) in [4.78, 5) is 15.2. The summed E-state index contributed by atoms with van der Waals surface area (Å²) in [7, 11) is 0. The van der Waals surface area contributed by atoms with E-state index in [0.29, 0.717) is 23.1 Å². The SMILES string of the molecule is CCCc1nsc(Oc2ccc3c(c2)OC(C(=O)O)C3)n1. The molecule has 21 heavy (non-hydrogen) atoms. The van der Waals surface area contributed by atoms with Gasteiger partial charge in [-0.15, -0.1) is 0 Å². The van der Waals surface area contributed by atoms with Crippen molar-refractivity contribution in [3.63, 3.8) is 0 Å². The van der Waals surface area contributed by atoms with Crippen LogP contribution >= 0.6 is 11.5 Å². The Morgan fingerprint density at radius 2 is 2.43 bits per heavy atom. The van der Waals surface area contributed by atoms with Crippen molar-refractivity contribution in [2.75, 3.05) is 0 Å². The van der Waals surface area contributed by atoms with E-state index in [-0.39, 0.29) is 0 Å². The van der Waals surface area contributed by atoms with Crippen molar-refractivity contribution in [2.45, 2.75) is 32.3 Å². The van der Waals surface area contributed by atoms with Crippen LogP contribution in [0.15, 0.2) is 18.2 Å². The molecule has 1 N–H and O–H groups in total. The molecular formula is C14H14N2O4S. The first-order valence-electron chi connectivity index (χ1n) is 6.68. The van der Waals surface area contributed by atoms with Crippen LogP contribution in [-0.2, 0) is 17.6 Å². The van der Waals surface area contributed by atoms with Gasteiger partial charge < -0.3 is 14.6 Å². The minimum absolute atomic E-state index is 0.379. The van der Waals surface area contributed by atoms with Crippen LogP contribution in [0.2, 0.25) is 0 Å². The van der Waals surface area contributed by atoms with Gasteiger partial charge in [0.15, 0.2) is 6.10 Å². The molecule has 6 nitrogen and oxygen atoms in total. The summed E-state index contributed by atoms with van der Waals surface area (Å²) < 4.78 is 15.2. The van der Waals surface area contributed by atoms with E-state index >= 15 is 0 Å². The second-order valence-electron chi connectivity index (χ2n) is 4.75. The molecule has 1 aromatic carbocycles. The maximum Gasteiger partial charge on any atom is 0.345 e. The van der Waals surface area contributed by atoms with E-state index in [0.717, 1.165) is 24.2 Å². The topological polar surface area (TPSA) is 81.5 Å². The summed E-state index contributed by atoms with van der Waals surface area (Å²) in [6.07, 6.45) is 1.38. The van der Waals surface area contributed by atoms with Crippen molar-refractivity contribution in [1.82, 2.24) is 9.36 Å². The smallest absolute Gasteiger partial charge is 0.345 e. The van der Waals surface area contributed by atoms with Gasteiger partial charge in [-0.3, -0.25) is 0 Å². The lowest BCUT2D eigenvalue weighted by Crippen LogP contribution is -2.24. The Labute approximate surface area is 125 Å². The Kier molecular flexibility index (Phi) is 3.74. The van der Waals surface area contributed by atoms with Gasteiger partial charge >= 0.3 is 5.97 Å². The normalized spacial score (nSPS) is 16.3. The van der Waals surface area contributed by atoms with Crippen molar-refractivity contribution < 1.29 is 19.4 Å². The molecule has 0 saturated heterocycles. The third-order valence-electron chi connectivity index (χ3n) is 3.12. The molecule has 3 rings (SSSR count). The van der Waals surface area contributed by atoms with Crippen LogP contribution in [-0.4, -0.2) is 26.5 Å². The van der Waals surface area contributed by atoms with Crippen LogP contribution in [0.25, 0.3) is 0 Å². The number of carboxylic acid groups (broad SMARTS) is 1. The summed E-state index contributed by atoms with van der Waals surface area (Å²) in [5.41, 5.74) is 0.874. The van der Waals surface area contributed by atoms with Gasteiger partial charge in [-0.05, 0) is 18.1 Å². The first-order valence-corrected chi connectivity index (χ1v) is 7.46. The van der Waals surface area contributed by atoms with Crippen LogP contribution < -0.4 is 9.47 Å². The van der Waals surface area contributed by atoms with Crippen LogP contribution in [0.4, 0.5) is 0 Å². The standard InChI is InChI=1S/C14H14N2O4S/c1-2-3-12-15-14(21-16-12)19-9-5-4-8-6-11(13(17)18)20-10(8)7-9/h4-5,7,11H,2-3,6H2,1H3,(H,17,18). The van der Waals surface area contributed by atoms with Crippen LogP contribution in [0.1, 0.15) is 24.7 Å². The third-order valence-corrected chi connectivity index (χ3v) is 3.75. The van der Waals surface area contributed by atoms with Crippen LogP contribution in [0.3, 0.4) is 0 Å². The number of aliphatic carboxylic acids is 1. The second-order valence-corrected chi connectivity index (χ2v) is 5.46. The fourth-order valence-corrected chi connectivity index (χ4v) is 2.71. The molecular weight excluding hydrogens is 292 g/mol. The Hall–Kier alpha value is -2.15. The number of ether oxygens (including phenoxy) is 2. The van der Waals surface area contributed by atoms with Crippen molar-refractivity contribution in [2.24, 2.45) is 0 Å². The van der Waals surface area contributed by atoms with Gasteiger partial charge in [-0.2, -0.15) is 9.36 Å². The molecule has 0 amide bonds. The fraction of sp³-hybridized carbons (Fsp3) is 0.357. The number of rotatable bonds is 5. The highest BCUT2D eigenvalue weighted by molar-refractivity contribution is 7.07. The highest BCUT2D eigenvalue weighted by Gasteiger charge is 2.29. The quantitative estimate of drug-likeness (QED) is 0.914. The van der Waals surface area contributed by atoms with Gasteiger partial charge in [0, 0.05) is 30.4 Å². The molecule has 0 saturated carbocycles. The summed E-state index contributed by atoms with van der Waals surface area (Å²) >= 11 is 1.20. The maximum atomic E-state index is 10.9. The van der Waals surface area contributed by atoms with Crippen LogP contribution in [0.5, 0.6) is 16.7 Å². The van der Waals surface area contributed by atoms with Gasteiger partial charge in [-0.1, -0.05) is 13.0 Å². The Morgan fingerprint density at radius 3 is 3.19 bits per heavy atom. The zero-order chi connectivity index (χ0) is 14.8. The Bertz CT molecular complexity index is 671. The van der Waals surface area contributed by atoms with E-state index in [9.17, 15) is 4.79 Å². The molecule has 1 atom stereocenters. The predicted octanol–water partition coefficient (Wildman–Crippen LogP) is 2.67. The zero-order valence-corrected chi connectivity index (χ0v) is 12.2. The molecule has 0 spiro atoms. The minimum atomic E-state index is -0.956. The third kappa shape index (κ3) is 2.97. The molecule has 2 heterocycles. The van der Waals surface area contributed by atoms with Crippen LogP contribution in [0, 0.1) is 0 Å². The number of fused-ring (bicyclic) bond motifs is 1. The molecule has 7 heteroatoms. The molecule has 1 aliphatic heterocycles. The van der Waals surface area contributed by atoms with Gasteiger partial charge in [0.25, 0.3) is 5.19 Å². The van der Waals surface area contributed by atoms with Gasteiger partial charge in [0.05, 0.1) is 0 Å². The number of nitrogens with zero attached hydrogens (tertiary/aromatic N) is 2. The van der Waals surface area contributed by atoms with E-state index < -0.39 is 12.1 Å². The molecule has 2 aromatic rings. The molecule has 1 unspecified atom stereocenters. The lowest BCUT2D eigenvalue weighted by Gasteiger charge is -2.05. The Morgan fingerprint density at radius 1 is 1.57 bits per heavy atom. The van der Waals surface area contributed by atoms with Crippen molar-refractivity contribution in [1.29, 1.82) is 0 Å². The first kappa shape index (κ1) is 13.8. The lowest BCUT2D eigenvalue weighted by molar-refractivity contribution is -0.144. The number of carboxylic acids is 1. The van der Waals surface area contributed by atoms with Gasteiger partial charge in [0.2, 0.25) is 0 Å². The zero-order valence-electron chi connectivity index (χ0n) is 11.4. The molecule has 0 aliphatic carbocycles. The number of hydrogen-bond acceptors (Lipinski definition) is 6. The first-order chi connectivity index (χ1) is 10.2. The lowest BCUT2D eigenvalue weighted by atomic mass is 10.1. The molecule has 0 radical (unpaired) electrons. The number of aryl methyl sites for hydroxylation is 1. The molecule has 1 aliphatic rings. The molecule has 0 bridgehead atoms. The van der Waals surface area contributed by atoms with E-state index in [2.05, 4.69) is 16.3 Å². The highest BCUT2D eigenvalue weighted by atomic mass is 32.1. The maximum absolute atomic E-state index is 10.9. The second kappa shape index (κ2) is 5.69. The number of carbonyl (C=O) groups is 1. The number of hydrogen-bond donors (Lipinski definition) is 1. The minimum Gasteiger partial charge on any atom is -0.478 e. The fourth-order valence-electron chi connectivity index (χ4n) is 2.11. The molecule has 0 fully saturated rings. The average molecular weight is 306 g/mol. The monoisotopic (exact) mass is 306 g/mol. The van der Waals surface area contributed by atoms with Gasteiger partial charge in [-0.25, -0.2) is 4.79 Å². The summed E-state index contributed by atoms with van der Waals surface area (Å²) in [6, 6.07) is 5.30. The largest absolute Gasteiger partial charge is 0.478 e. The Balaban J connectivity index is 1.73. The van der Waals surface area contributed by atoms with Gasteiger partial charge in [0.1, 0.15) is 17.3 Å². The van der Waals surface area contributed by atoms with Crippen molar-refractivity contribution in [3.8, 4) is 16.7 Å². The molecule has 1 aromatic heterocycles. The average Bonchev–Trinajstić information content (AvgIpc) is 3.05. The van der Waals surface area contributed by atoms with E-state index in [1.54, 1.807) is 12.1 Å². The van der Waals surface area contributed by atoms with E-state index in [1.807, 2.05) is 6.07 Å². The van der Waals surface area contributed by atoms with E-state index in [4.69, 9.17) is 14.6 Å². The highest BCUT2D eigenvalue weighted by Crippen LogP contribution is 2.34. The number of benzene rings is 1. The summed E-state index contributed by atoms with van der Waals surface area (Å²) in [5.74, 6) is 0.944. The predicted molar refractivity (Wildman–Crippen MR) is 76.2 cm³/mol. The summed E-state index contributed by atoms with van der Waals surface area (Å²) in [6.45, 7) is 2.07. The van der Waals surface area contributed by atoms with Crippen molar-refractivity contribution >= 4 is 17.5 Å². The van der Waals surface area contributed by atoms with Crippen molar-refractivity contribution in [3.05, 3.63) is 29.6 Å². The van der Waals surface area contributed by atoms with E-state index in [1.165, 1.54) is 11.5 Å². The summed E-state index contributed by atoms with van der Waals surface area (Å²) in [5, 5.41) is 9.45. The number of aromatic nitrogens is 2.